The number of alkyl halides is 3. The van der Waals surface area contributed by atoms with E-state index in [1.165, 1.54) is 0 Å². The number of hydrogen-bond acceptors (Lipinski definition) is 1. The molecule has 0 fully saturated rings. The highest BCUT2D eigenvalue weighted by Crippen LogP contribution is 2.38. The summed E-state index contributed by atoms with van der Waals surface area (Å²) in [6, 6.07) is 0.0232. The van der Waals surface area contributed by atoms with E-state index in [0.717, 1.165) is 0 Å². The van der Waals surface area contributed by atoms with Crippen molar-refractivity contribution in [3.63, 3.8) is 0 Å². The first kappa shape index (κ1) is 11.2. The molecule has 7 heteroatoms. The van der Waals surface area contributed by atoms with Crippen LogP contribution < -0.4 is 5.73 Å². The lowest BCUT2D eigenvalue weighted by atomic mass is 10.1. The van der Waals surface area contributed by atoms with Gasteiger partial charge in [-0.25, -0.2) is 8.78 Å². The third kappa shape index (κ3) is 1.82. The molecule has 0 saturated carbocycles. The molecule has 0 aliphatic carbocycles. The molecular formula is C7H3BrF5N. The summed E-state index contributed by atoms with van der Waals surface area (Å²) in [4.78, 5) is 0. The van der Waals surface area contributed by atoms with Crippen LogP contribution in [-0.4, -0.2) is 0 Å². The highest BCUT2D eigenvalue weighted by Gasteiger charge is 2.35. The molecule has 0 amide bonds. The summed E-state index contributed by atoms with van der Waals surface area (Å²) in [6.45, 7) is 0. The fourth-order valence-electron chi connectivity index (χ4n) is 0.844. The van der Waals surface area contributed by atoms with Crippen molar-refractivity contribution in [2.75, 3.05) is 5.73 Å². The molecule has 0 aliphatic rings. The second kappa shape index (κ2) is 3.38. The third-order valence-corrected chi connectivity index (χ3v) is 2.28. The van der Waals surface area contributed by atoms with E-state index in [9.17, 15) is 22.0 Å². The minimum Gasteiger partial charge on any atom is -0.397 e. The van der Waals surface area contributed by atoms with Gasteiger partial charge in [-0.3, -0.25) is 0 Å². The molecule has 1 aromatic carbocycles. The summed E-state index contributed by atoms with van der Waals surface area (Å²) >= 11 is 2.43. The Hall–Kier alpha value is -0.850. The van der Waals surface area contributed by atoms with E-state index in [2.05, 4.69) is 15.9 Å². The smallest absolute Gasteiger partial charge is 0.397 e. The molecule has 2 N–H and O–H groups in total. The number of rotatable bonds is 0. The van der Waals surface area contributed by atoms with Crippen LogP contribution in [0.15, 0.2) is 10.5 Å². The van der Waals surface area contributed by atoms with Crippen molar-refractivity contribution in [3.8, 4) is 0 Å². The van der Waals surface area contributed by atoms with Gasteiger partial charge >= 0.3 is 6.18 Å². The monoisotopic (exact) mass is 275 g/mol. The molecule has 0 saturated heterocycles. The zero-order chi connectivity index (χ0) is 11.1. The van der Waals surface area contributed by atoms with E-state index in [4.69, 9.17) is 5.73 Å². The standard InChI is InChI=1S/C7H3BrF5N/c8-4-5(10)3(9)1-2(6(4)14)7(11,12)13/h1H,14H2. The first-order valence-electron chi connectivity index (χ1n) is 3.25. The van der Waals surface area contributed by atoms with Crippen molar-refractivity contribution < 1.29 is 22.0 Å². The molecule has 1 aromatic rings. The number of anilines is 1. The largest absolute Gasteiger partial charge is 0.418 e. The minimum atomic E-state index is -4.80. The molecule has 78 valence electrons. The lowest BCUT2D eigenvalue weighted by molar-refractivity contribution is -0.137. The van der Waals surface area contributed by atoms with Gasteiger partial charge in [0.05, 0.1) is 15.7 Å². The molecular weight excluding hydrogens is 273 g/mol. The molecule has 0 radical (unpaired) electrons. The molecule has 0 heterocycles. The highest BCUT2D eigenvalue weighted by atomic mass is 79.9. The van der Waals surface area contributed by atoms with Crippen molar-refractivity contribution in [2.45, 2.75) is 6.18 Å². The van der Waals surface area contributed by atoms with Gasteiger partial charge in [-0.1, -0.05) is 0 Å². The van der Waals surface area contributed by atoms with Crippen LogP contribution in [0.1, 0.15) is 5.56 Å². The summed E-state index contributed by atoms with van der Waals surface area (Å²) in [7, 11) is 0. The van der Waals surface area contributed by atoms with Gasteiger partial charge in [-0.05, 0) is 22.0 Å². The van der Waals surface area contributed by atoms with Crippen molar-refractivity contribution in [3.05, 3.63) is 27.7 Å². The van der Waals surface area contributed by atoms with Gasteiger partial charge < -0.3 is 5.73 Å². The first-order valence-corrected chi connectivity index (χ1v) is 4.04. The zero-order valence-electron chi connectivity index (χ0n) is 6.42. The Labute approximate surface area is 83.8 Å². The molecule has 1 rings (SSSR count). The van der Waals surface area contributed by atoms with Gasteiger partial charge in [0.1, 0.15) is 0 Å². The second-order valence-electron chi connectivity index (χ2n) is 2.45. The average Bonchev–Trinajstić information content (AvgIpc) is 2.06. The predicted molar refractivity (Wildman–Crippen MR) is 43.5 cm³/mol. The number of halogens is 6. The Morgan fingerprint density at radius 1 is 1.21 bits per heavy atom. The number of nitrogens with two attached hydrogens (primary N) is 1. The summed E-state index contributed by atoms with van der Waals surface area (Å²) in [5.41, 5.74) is 2.70. The van der Waals surface area contributed by atoms with E-state index in [0.29, 0.717) is 0 Å². The minimum absolute atomic E-state index is 0.0232. The predicted octanol–water partition coefficient (Wildman–Crippen LogP) is 3.33. The Kier molecular flexibility index (Phi) is 2.71. The Morgan fingerprint density at radius 3 is 2.14 bits per heavy atom. The molecule has 0 aromatic heterocycles. The summed E-state index contributed by atoms with van der Waals surface area (Å²) in [5, 5.41) is 0. The van der Waals surface area contributed by atoms with Gasteiger partial charge in [0.25, 0.3) is 0 Å². The lowest BCUT2D eigenvalue weighted by Crippen LogP contribution is -2.11. The van der Waals surface area contributed by atoms with Crippen LogP contribution in [0.4, 0.5) is 27.6 Å². The van der Waals surface area contributed by atoms with E-state index >= 15 is 0 Å². The molecule has 0 aliphatic heterocycles. The van der Waals surface area contributed by atoms with Crippen LogP contribution in [0.3, 0.4) is 0 Å². The maximum absolute atomic E-state index is 12.7. The highest BCUT2D eigenvalue weighted by molar-refractivity contribution is 9.10. The van der Waals surface area contributed by atoms with Gasteiger partial charge in [-0.2, -0.15) is 13.2 Å². The molecule has 0 unspecified atom stereocenters. The third-order valence-electron chi connectivity index (χ3n) is 1.51. The first-order chi connectivity index (χ1) is 6.25. The van der Waals surface area contributed by atoms with Gasteiger partial charge in [-0.15, -0.1) is 0 Å². The normalized spacial score (nSPS) is 11.9. The SMILES string of the molecule is Nc1c(C(F)(F)F)cc(F)c(F)c1Br. The van der Waals surface area contributed by atoms with Crippen molar-refractivity contribution in [2.24, 2.45) is 0 Å². The zero-order valence-corrected chi connectivity index (χ0v) is 8.01. The lowest BCUT2D eigenvalue weighted by Gasteiger charge is -2.11. The number of benzene rings is 1. The Morgan fingerprint density at radius 2 is 1.71 bits per heavy atom. The second-order valence-corrected chi connectivity index (χ2v) is 3.24. The van der Waals surface area contributed by atoms with Crippen LogP contribution in [-0.2, 0) is 6.18 Å². The van der Waals surface area contributed by atoms with Gasteiger partial charge in [0, 0.05) is 0 Å². The fourth-order valence-corrected chi connectivity index (χ4v) is 1.25. The van der Waals surface area contributed by atoms with Crippen LogP contribution in [0.2, 0.25) is 0 Å². The van der Waals surface area contributed by atoms with Crippen molar-refractivity contribution in [1.82, 2.24) is 0 Å². The maximum atomic E-state index is 12.7. The molecule has 14 heavy (non-hydrogen) atoms. The molecule has 0 bridgehead atoms. The fraction of sp³-hybridized carbons (Fsp3) is 0.143. The van der Waals surface area contributed by atoms with E-state index in [-0.39, 0.29) is 6.07 Å². The van der Waals surface area contributed by atoms with E-state index in [1.54, 1.807) is 0 Å². The average molecular weight is 276 g/mol. The Bertz CT molecular complexity index is 373. The van der Waals surface area contributed by atoms with Crippen LogP contribution >= 0.6 is 15.9 Å². The van der Waals surface area contributed by atoms with Crippen LogP contribution in [0.25, 0.3) is 0 Å². The Balaban J connectivity index is 3.49. The van der Waals surface area contributed by atoms with Crippen LogP contribution in [0, 0.1) is 11.6 Å². The number of hydrogen-bond donors (Lipinski definition) is 1. The van der Waals surface area contributed by atoms with Gasteiger partial charge in [0.15, 0.2) is 11.6 Å². The van der Waals surface area contributed by atoms with Crippen molar-refractivity contribution >= 4 is 21.6 Å². The molecule has 1 nitrogen and oxygen atoms in total. The van der Waals surface area contributed by atoms with Crippen molar-refractivity contribution in [1.29, 1.82) is 0 Å². The molecule has 0 spiro atoms. The summed E-state index contributed by atoms with van der Waals surface area (Å²) in [6.07, 6.45) is -4.80. The van der Waals surface area contributed by atoms with E-state index < -0.39 is 33.5 Å². The van der Waals surface area contributed by atoms with Crippen LogP contribution in [0.5, 0.6) is 0 Å². The molecule has 0 atom stereocenters. The summed E-state index contributed by atoms with van der Waals surface area (Å²) < 4.78 is 61.0. The quantitative estimate of drug-likeness (QED) is 0.439. The maximum Gasteiger partial charge on any atom is 0.418 e. The topological polar surface area (TPSA) is 26.0 Å². The number of nitrogen functional groups attached to an aromatic ring is 1. The summed E-state index contributed by atoms with van der Waals surface area (Å²) in [5.74, 6) is -3.03. The van der Waals surface area contributed by atoms with Gasteiger partial charge in [0.2, 0.25) is 0 Å². The van der Waals surface area contributed by atoms with E-state index in [1.807, 2.05) is 0 Å².